The summed E-state index contributed by atoms with van der Waals surface area (Å²) in [7, 11) is 1.08. The van der Waals surface area contributed by atoms with Gasteiger partial charge < -0.3 is 5.32 Å². The van der Waals surface area contributed by atoms with Gasteiger partial charge in [0.05, 0.1) is 0 Å². The van der Waals surface area contributed by atoms with Crippen LogP contribution in [-0.2, 0) is 10.8 Å². The van der Waals surface area contributed by atoms with Gasteiger partial charge in [-0.15, -0.1) is 0 Å². The van der Waals surface area contributed by atoms with Crippen molar-refractivity contribution in [2.24, 2.45) is 0 Å². The molecule has 1 aromatic rings. The van der Waals surface area contributed by atoms with Crippen LogP contribution in [0.15, 0.2) is 30.3 Å². The molecule has 0 radical (unpaired) electrons. The van der Waals surface area contributed by atoms with Crippen LogP contribution in [0.2, 0.25) is 0 Å². The van der Waals surface area contributed by atoms with Crippen LogP contribution < -0.4 is 5.32 Å². The Balaban J connectivity index is 2.75. The van der Waals surface area contributed by atoms with Crippen LogP contribution in [0, 0.1) is 0 Å². The Hall–Kier alpha value is -0.670. The molecule has 1 aromatic carbocycles. The summed E-state index contributed by atoms with van der Waals surface area (Å²) in [5.74, 6) is 0.657. The fraction of sp³-hybridized carbons (Fsp3) is 0.538. The molecule has 16 heavy (non-hydrogen) atoms. The molecule has 2 nitrogen and oxygen atoms in total. The number of benzene rings is 1. The third-order valence-electron chi connectivity index (χ3n) is 2.55. The summed E-state index contributed by atoms with van der Waals surface area (Å²) >= 11 is 0. The summed E-state index contributed by atoms with van der Waals surface area (Å²) in [6.07, 6.45) is 0. The maximum atomic E-state index is 12.1. The van der Waals surface area contributed by atoms with Crippen LogP contribution in [0.5, 0.6) is 0 Å². The average Bonchev–Trinajstić information content (AvgIpc) is 2.25. The number of hydrogen-bond donors (Lipinski definition) is 1. The molecular formula is C13H21NOS. The van der Waals surface area contributed by atoms with Crippen LogP contribution in [0.4, 0.5) is 0 Å². The van der Waals surface area contributed by atoms with Gasteiger partial charge in [-0.3, -0.25) is 4.21 Å². The van der Waals surface area contributed by atoms with Crippen molar-refractivity contribution in [3.05, 3.63) is 35.9 Å². The van der Waals surface area contributed by atoms with Crippen LogP contribution in [0.25, 0.3) is 0 Å². The number of hydrogen-bond acceptors (Lipinski definition) is 2. The van der Waals surface area contributed by atoms with E-state index in [4.69, 9.17) is 0 Å². The van der Waals surface area contributed by atoms with E-state index in [9.17, 15) is 4.21 Å². The molecule has 0 aliphatic heterocycles. The van der Waals surface area contributed by atoms with Gasteiger partial charge in [0.25, 0.3) is 0 Å². The zero-order valence-corrected chi connectivity index (χ0v) is 11.3. The lowest BCUT2D eigenvalue weighted by Gasteiger charge is -2.23. The van der Waals surface area contributed by atoms with Gasteiger partial charge in [0.1, 0.15) is 0 Å². The first-order chi connectivity index (χ1) is 7.45. The summed E-state index contributed by atoms with van der Waals surface area (Å²) in [4.78, 5) is 0. The third-order valence-corrected chi connectivity index (χ3v) is 4.55. The van der Waals surface area contributed by atoms with Gasteiger partial charge in [-0.25, -0.2) is 0 Å². The fourth-order valence-corrected chi connectivity index (χ4v) is 2.59. The van der Waals surface area contributed by atoms with Gasteiger partial charge in [-0.05, 0) is 33.4 Å². The molecule has 2 unspecified atom stereocenters. The highest BCUT2D eigenvalue weighted by Crippen LogP contribution is 2.19. The van der Waals surface area contributed by atoms with Crippen molar-refractivity contribution >= 4 is 10.8 Å². The average molecular weight is 239 g/mol. The Morgan fingerprint density at radius 1 is 1.25 bits per heavy atom. The molecule has 1 N–H and O–H groups in total. The highest BCUT2D eigenvalue weighted by Gasteiger charge is 2.23. The minimum absolute atomic E-state index is 0.149. The molecule has 3 heteroatoms. The molecule has 0 bridgehead atoms. The Bertz CT molecular complexity index is 343. The van der Waals surface area contributed by atoms with E-state index in [1.54, 1.807) is 0 Å². The number of nitrogens with one attached hydrogen (secondary N) is 1. The smallest absolute Gasteiger partial charge is 0.0435 e. The zero-order chi connectivity index (χ0) is 12.2. The van der Waals surface area contributed by atoms with Crippen molar-refractivity contribution in [3.8, 4) is 0 Å². The Kier molecular flexibility index (Phi) is 4.69. The molecule has 0 saturated carbocycles. The summed E-state index contributed by atoms with van der Waals surface area (Å²) in [5, 5.41) is 3.23. The second kappa shape index (κ2) is 5.60. The molecule has 1 rings (SSSR count). The molecule has 0 aromatic heterocycles. The second-order valence-electron chi connectivity index (χ2n) is 4.88. The SMILES string of the molecule is CNC(CS(=O)C(C)(C)C)c1ccccc1. The molecule has 0 spiro atoms. The van der Waals surface area contributed by atoms with E-state index in [0.29, 0.717) is 5.75 Å². The van der Waals surface area contributed by atoms with Gasteiger partial charge in [0, 0.05) is 27.3 Å². The minimum Gasteiger partial charge on any atom is -0.312 e. The molecule has 0 saturated heterocycles. The topological polar surface area (TPSA) is 29.1 Å². The Morgan fingerprint density at radius 2 is 1.81 bits per heavy atom. The predicted molar refractivity (Wildman–Crippen MR) is 71.0 cm³/mol. The van der Waals surface area contributed by atoms with E-state index >= 15 is 0 Å². The normalized spacial score (nSPS) is 15.8. The van der Waals surface area contributed by atoms with E-state index in [1.807, 2.05) is 46.0 Å². The van der Waals surface area contributed by atoms with Crippen LogP contribution in [-0.4, -0.2) is 21.8 Å². The Morgan fingerprint density at radius 3 is 2.25 bits per heavy atom. The lowest BCUT2D eigenvalue weighted by molar-refractivity contribution is 0.614. The van der Waals surface area contributed by atoms with Gasteiger partial charge in [0.2, 0.25) is 0 Å². The molecule has 0 heterocycles. The minimum atomic E-state index is -0.830. The quantitative estimate of drug-likeness (QED) is 0.874. The molecule has 0 amide bonds. The first-order valence-corrected chi connectivity index (χ1v) is 6.87. The van der Waals surface area contributed by atoms with Crippen molar-refractivity contribution in [3.63, 3.8) is 0 Å². The van der Waals surface area contributed by atoms with E-state index in [-0.39, 0.29) is 10.8 Å². The van der Waals surface area contributed by atoms with E-state index in [2.05, 4.69) is 17.4 Å². The van der Waals surface area contributed by atoms with E-state index < -0.39 is 10.8 Å². The van der Waals surface area contributed by atoms with Crippen molar-refractivity contribution in [2.75, 3.05) is 12.8 Å². The van der Waals surface area contributed by atoms with Gasteiger partial charge >= 0.3 is 0 Å². The highest BCUT2D eigenvalue weighted by atomic mass is 32.2. The van der Waals surface area contributed by atoms with Crippen molar-refractivity contribution in [2.45, 2.75) is 31.6 Å². The van der Waals surface area contributed by atoms with Gasteiger partial charge in [-0.2, -0.15) is 0 Å². The standard InChI is InChI=1S/C13H21NOS/c1-13(2,3)16(15)10-12(14-4)11-8-6-5-7-9-11/h5-9,12,14H,10H2,1-4H3. The third kappa shape index (κ3) is 3.72. The van der Waals surface area contributed by atoms with Gasteiger partial charge in [0.15, 0.2) is 0 Å². The second-order valence-corrected chi connectivity index (χ2v) is 7.13. The van der Waals surface area contributed by atoms with Crippen molar-refractivity contribution < 1.29 is 4.21 Å². The van der Waals surface area contributed by atoms with Crippen molar-refractivity contribution in [1.82, 2.24) is 5.32 Å². The fourth-order valence-electron chi connectivity index (χ4n) is 1.43. The lowest BCUT2D eigenvalue weighted by Crippen LogP contribution is -2.31. The molecule has 90 valence electrons. The first kappa shape index (κ1) is 13.4. The predicted octanol–water partition coefficient (Wildman–Crippen LogP) is 2.49. The summed E-state index contributed by atoms with van der Waals surface area (Å²) in [6, 6.07) is 10.3. The summed E-state index contributed by atoms with van der Waals surface area (Å²) in [5.41, 5.74) is 1.20. The van der Waals surface area contributed by atoms with E-state index in [1.165, 1.54) is 5.56 Å². The Labute approximate surface area is 101 Å². The van der Waals surface area contributed by atoms with Crippen molar-refractivity contribution in [1.29, 1.82) is 0 Å². The monoisotopic (exact) mass is 239 g/mol. The maximum Gasteiger partial charge on any atom is 0.0435 e. The summed E-state index contributed by atoms with van der Waals surface area (Å²) in [6.45, 7) is 6.04. The largest absolute Gasteiger partial charge is 0.312 e. The molecule has 0 fully saturated rings. The lowest BCUT2D eigenvalue weighted by atomic mass is 10.1. The first-order valence-electron chi connectivity index (χ1n) is 5.56. The summed E-state index contributed by atoms with van der Waals surface area (Å²) < 4.78 is 11.9. The number of rotatable bonds is 4. The zero-order valence-electron chi connectivity index (χ0n) is 10.5. The maximum absolute atomic E-state index is 12.1. The van der Waals surface area contributed by atoms with E-state index in [0.717, 1.165) is 0 Å². The highest BCUT2D eigenvalue weighted by molar-refractivity contribution is 7.86. The molecule has 0 aliphatic rings. The van der Waals surface area contributed by atoms with Crippen LogP contribution in [0.3, 0.4) is 0 Å². The van der Waals surface area contributed by atoms with Crippen LogP contribution >= 0.6 is 0 Å². The molecule has 2 atom stereocenters. The molecular weight excluding hydrogens is 218 g/mol. The van der Waals surface area contributed by atoms with Gasteiger partial charge in [-0.1, -0.05) is 30.3 Å². The van der Waals surface area contributed by atoms with Crippen LogP contribution in [0.1, 0.15) is 32.4 Å². The molecule has 0 aliphatic carbocycles.